The van der Waals surface area contributed by atoms with Crippen molar-refractivity contribution < 1.29 is 22.7 Å². The van der Waals surface area contributed by atoms with Gasteiger partial charge in [-0.1, -0.05) is 0 Å². The summed E-state index contributed by atoms with van der Waals surface area (Å²) in [6.45, 7) is 2.53. The fraction of sp³-hybridized carbons (Fsp3) is 0.600. The molecule has 134 valence electrons. The van der Waals surface area contributed by atoms with E-state index < -0.39 is 18.8 Å². The average molecular weight is 346 g/mol. The third kappa shape index (κ3) is 6.23. The van der Waals surface area contributed by atoms with Crippen molar-refractivity contribution in [2.75, 3.05) is 38.1 Å². The Labute approximate surface area is 138 Å². The van der Waals surface area contributed by atoms with Crippen molar-refractivity contribution in [3.8, 4) is 5.88 Å². The van der Waals surface area contributed by atoms with Gasteiger partial charge >= 0.3 is 12.2 Å². The van der Waals surface area contributed by atoms with Crippen molar-refractivity contribution >= 4 is 11.7 Å². The maximum atomic E-state index is 12.3. The molecule has 24 heavy (non-hydrogen) atoms. The molecule has 0 aliphatic carbocycles. The molecule has 1 saturated heterocycles. The second kappa shape index (κ2) is 8.18. The Morgan fingerprint density at radius 1 is 1.46 bits per heavy atom. The van der Waals surface area contributed by atoms with Crippen LogP contribution in [0.4, 0.5) is 23.7 Å². The van der Waals surface area contributed by atoms with E-state index in [-0.39, 0.29) is 5.92 Å². The molecule has 0 bridgehead atoms. The Bertz CT molecular complexity index is 537. The molecule has 2 heterocycles. The van der Waals surface area contributed by atoms with Crippen molar-refractivity contribution in [2.45, 2.75) is 19.5 Å². The van der Waals surface area contributed by atoms with Crippen LogP contribution in [0.15, 0.2) is 18.3 Å². The van der Waals surface area contributed by atoms with Gasteiger partial charge in [0.25, 0.3) is 0 Å². The molecule has 2 N–H and O–H groups in total. The van der Waals surface area contributed by atoms with Gasteiger partial charge in [0.2, 0.25) is 5.88 Å². The van der Waals surface area contributed by atoms with Crippen molar-refractivity contribution in [3.05, 3.63) is 18.3 Å². The minimum absolute atomic E-state index is 0.0246. The molecule has 1 atom stereocenters. The summed E-state index contributed by atoms with van der Waals surface area (Å²) in [5.74, 6) is 0.496. The SMILES string of the molecule is CCOc1ccc(NC(=O)NCC2CCN(CC(F)(F)F)C2)cn1. The van der Waals surface area contributed by atoms with E-state index in [9.17, 15) is 18.0 Å². The lowest BCUT2D eigenvalue weighted by molar-refractivity contribution is -0.143. The van der Waals surface area contributed by atoms with Crippen LogP contribution >= 0.6 is 0 Å². The second-order valence-corrected chi connectivity index (χ2v) is 5.66. The Morgan fingerprint density at radius 2 is 2.25 bits per heavy atom. The zero-order valence-corrected chi connectivity index (χ0v) is 13.4. The highest BCUT2D eigenvalue weighted by Crippen LogP contribution is 2.22. The van der Waals surface area contributed by atoms with Crippen molar-refractivity contribution in [2.24, 2.45) is 5.92 Å². The number of nitrogens with zero attached hydrogens (tertiary/aromatic N) is 2. The minimum Gasteiger partial charge on any atom is -0.478 e. The zero-order valence-electron chi connectivity index (χ0n) is 13.4. The van der Waals surface area contributed by atoms with Crippen LogP contribution in [0, 0.1) is 5.92 Å². The van der Waals surface area contributed by atoms with Crippen LogP contribution in [-0.4, -0.2) is 54.9 Å². The van der Waals surface area contributed by atoms with Gasteiger partial charge in [0, 0.05) is 19.2 Å². The molecule has 0 spiro atoms. The molecule has 1 aliphatic rings. The number of aromatic nitrogens is 1. The molecule has 6 nitrogen and oxygen atoms in total. The molecule has 0 saturated carbocycles. The molecule has 9 heteroatoms. The Balaban J connectivity index is 1.70. The highest BCUT2D eigenvalue weighted by Gasteiger charge is 2.34. The number of pyridine rings is 1. The summed E-state index contributed by atoms with van der Waals surface area (Å²) >= 11 is 0. The lowest BCUT2D eigenvalue weighted by Gasteiger charge is -2.18. The molecule has 2 amide bonds. The van der Waals surface area contributed by atoms with E-state index in [0.29, 0.717) is 44.2 Å². The lowest BCUT2D eigenvalue weighted by atomic mass is 10.1. The molecule has 1 aromatic rings. The second-order valence-electron chi connectivity index (χ2n) is 5.66. The third-order valence-corrected chi connectivity index (χ3v) is 3.61. The van der Waals surface area contributed by atoms with Crippen LogP contribution in [0.1, 0.15) is 13.3 Å². The van der Waals surface area contributed by atoms with Crippen LogP contribution in [0.25, 0.3) is 0 Å². The first kappa shape index (κ1) is 18.3. The van der Waals surface area contributed by atoms with Crippen LogP contribution < -0.4 is 15.4 Å². The fourth-order valence-electron chi connectivity index (χ4n) is 2.58. The van der Waals surface area contributed by atoms with Crippen molar-refractivity contribution in [1.29, 1.82) is 0 Å². The number of halogens is 3. The number of ether oxygens (including phenoxy) is 1. The minimum atomic E-state index is -4.18. The van der Waals surface area contributed by atoms with Gasteiger partial charge in [-0.2, -0.15) is 13.2 Å². The van der Waals surface area contributed by atoms with E-state index >= 15 is 0 Å². The van der Waals surface area contributed by atoms with E-state index in [0.717, 1.165) is 0 Å². The largest absolute Gasteiger partial charge is 0.478 e. The van der Waals surface area contributed by atoms with E-state index in [1.165, 1.54) is 11.1 Å². The monoisotopic (exact) mass is 346 g/mol. The number of anilines is 1. The molecular formula is C15H21F3N4O2. The van der Waals surface area contributed by atoms with Gasteiger partial charge in [0.1, 0.15) is 0 Å². The highest BCUT2D eigenvalue weighted by molar-refractivity contribution is 5.88. The van der Waals surface area contributed by atoms with E-state index in [2.05, 4.69) is 15.6 Å². The standard InChI is InChI=1S/C15H21F3N4O2/c1-2-24-13-4-3-12(8-19-13)21-14(23)20-7-11-5-6-22(9-11)10-15(16,17)18/h3-4,8,11H,2,5-7,9-10H2,1H3,(H2,20,21,23). The summed E-state index contributed by atoms with van der Waals surface area (Å²) in [5.41, 5.74) is 0.515. The third-order valence-electron chi connectivity index (χ3n) is 3.61. The maximum Gasteiger partial charge on any atom is 0.401 e. The summed E-state index contributed by atoms with van der Waals surface area (Å²) in [5, 5.41) is 5.30. The molecule has 1 aliphatic heterocycles. The molecule has 2 rings (SSSR count). The molecule has 0 radical (unpaired) electrons. The van der Waals surface area contributed by atoms with Crippen molar-refractivity contribution in [3.63, 3.8) is 0 Å². The summed E-state index contributed by atoms with van der Waals surface area (Å²) in [4.78, 5) is 17.2. The molecule has 1 unspecified atom stereocenters. The van der Waals surface area contributed by atoms with Gasteiger partial charge in [0.05, 0.1) is 25.0 Å². The number of hydrogen-bond donors (Lipinski definition) is 2. The molecule has 1 aromatic heterocycles. The number of urea groups is 1. The number of nitrogens with one attached hydrogen (secondary N) is 2. The first-order chi connectivity index (χ1) is 11.4. The first-order valence-electron chi connectivity index (χ1n) is 7.78. The number of carbonyl (C=O) groups excluding carboxylic acids is 1. The van der Waals surface area contributed by atoms with Gasteiger partial charge < -0.3 is 15.4 Å². The van der Waals surface area contributed by atoms with Gasteiger partial charge in [0.15, 0.2) is 0 Å². The smallest absolute Gasteiger partial charge is 0.401 e. The van der Waals surface area contributed by atoms with Crippen molar-refractivity contribution in [1.82, 2.24) is 15.2 Å². The molecular weight excluding hydrogens is 325 g/mol. The quantitative estimate of drug-likeness (QED) is 0.831. The predicted molar refractivity (Wildman–Crippen MR) is 83.0 cm³/mol. The van der Waals surface area contributed by atoms with E-state index in [4.69, 9.17) is 4.74 Å². The van der Waals surface area contributed by atoms with Crippen LogP contribution in [0.2, 0.25) is 0 Å². The molecule has 0 aromatic carbocycles. The van der Waals surface area contributed by atoms with Gasteiger partial charge in [-0.25, -0.2) is 9.78 Å². The maximum absolute atomic E-state index is 12.3. The number of likely N-dealkylation sites (tertiary alicyclic amines) is 1. The normalized spacial score (nSPS) is 18.4. The Morgan fingerprint density at radius 3 is 2.88 bits per heavy atom. The predicted octanol–water partition coefficient (Wildman–Crippen LogP) is 2.49. The fourth-order valence-corrected chi connectivity index (χ4v) is 2.58. The van der Waals surface area contributed by atoms with E-state index in [1.54, 1.807) is 12.1 Å². The molecule has 1 fully saturated rings. The van der Waals surface area contributed by atoms with Crippen LogP contribution in [0.3, 0.4) is 0 Å². The lowest BCUT2D eigenvalue weighted by Crippen LogP contribution is -2.36. The summed E-state index contributed by atoms with van der Waals surface area (Å²) in [6.07, 6.45) is -2.06. The summed E-state index contributed by atoms with van der Waals surface area (Å²) in [6, 6.07) is 2.90. The van der Waals surface area contributed by atoms with Crippen LogP contribution in [0.5, 0.6) is 5.88 Å². The van der Waals surface area contributed by atoms with Gasteiger partial charge in [-0.05, 0) is 31.9 Å². The van der Waals surface area contributed by atoms with Crippen LogP contribution in [-0.2, 0) is 0 Å². The summed E-state index contributed by atoms with van der Waals surface area (Å²) < 4.78 is 42.2. The Kier molecular flexibility index (Phi) is 6.24. The first-order valence-corrected chi connectivity index (χ1v) is 7.78. The van der Waals surface area contributed by atoms with E-state index in [1.807, 2.05) is 6.92 Å². The number of amides is 2. The number of hydrogen-bond acceptors (Lipinski definition) is 4. The Hall–Kier alpha value is -2.03. The number of carbonyl (C=O) groups is 1. The highest BCUT2D eigenvalue weighted by atomic mass is 19.4. The summed E-state index contributed by atoms with van der Waals surface area (Å²) in [7, 11) is 0. The number of alkyl halides is 3. The van der Waals surface area contributed by atoms with Gasteiger partial charge in [-0.3, -0.25) is 4.90 Å². The van der Waals surface area contributed by atoms with Gasteiger partial charge in [-0.15, -0.1) is 0 Å². The number of rotatable bonds is 6. The average Bonchev–Trinajstić information content (AvgIpc) is 2.93. The topological polar surface area (TPSA) is 66.5 Å². The zero-order chi connectivity index (χ0) is 17.6.